The van der Waals surface area contributed by atoms with Crippen LogP contribution in [-0.2, 0) is 22.3 Å². The van der Waals surface area contributed by atoms with Gasteiger partial charge in [0.2, 0.25) is 0 Å². The first-order chi connectivity index (χ1) is 24.6. The van der Waals surface area contributed by atoms with Gasteiger partial charge in [-0.15, -0.1) is 0 Å². The second-order valence-corrected chi connectivity index (χ2v) is 13.0. The maximum atomic E-state index is 6.65. The van der Waals surface area contributed by atoms with Crippen LogP contribution >= 0.6 is 0 Å². The Morgan fingerprint density at radius 2 is 0.820 bits per heavy atom. The smallest absolute Gasteiger partial charge is 0.139 e. The molecule has 6 aromatic carbocycles. The molecular formula is C44H42O6. The van der Waals surface area contributed by atoms with Gasteiger partial charge in [0.25, 0.3) is 0 Å². The molecule has 0 amide bonds. The molecule has 254 valence electrons. The fourth-order valence-electron chi connectivity index (χ4n) is 8.74. The van der Waals surface area contributed by atoms with Gasteiger partial charge < -0.3 is 28.4 Å². The Morgan fingerprint density at radius 3 is 1.16 bits per heavy atom. The molecule has 0 radical (unpaired) electrons. The highest BCUT2D eigenvalue weighted by Crippen LogP contribution is 2.61. The van der Waals surface area contributed by atoms with Crippen LogP contribution < -0.4 is 18.9 Å². The Balaban J connectivity index is 1.73. The van der Waals surface area contributed by atoms with E-state index in [1.54, 1.807) is 28.4 Å². The number of rotatable bonds is 9. The van der Waals surface area contributed by atoms with Gasteiger partial charge in [-0.3, -0.25) is 0 Å². The van der Waals surface area contributed by atoms with Crippen molar-refractivity contribution in [2.75, 3.05) is 42.7 Å². The Morgan fingerprint density at radius 1 is 0.420 bits per heavy atom. The predicted octanol–water partition coefficient (Wildman–Crippen LogP) is 10.3. The van der Waals surface area contributed by atoms with E-state index in [1.165, 1.54) is 11.1 Å². The molecule has 0 heterocycles. The summed E-state index contributed by atoms with van der Waals surface area (Å²) in [6.45, 7) is 0. The second kappa shape index (κ2) is 13.0. The van der Waals surface area contributed by atoms with Gasteiger partial charge in [-0.2, -0.15) is 0 Å². The van der Waals surface area contributed by atoms with E-state index in [1.807, 2.05) is 14.2 Å². The van der Waals surface area contributed by atoms with Crippen LogP contribution in [0.2, 0.25) is 0 Å². The van der Waals surface area contributed by atoms with Gasteiger partial charge in [0.15, 0.2) is 0 Å². The van der Waals surface area contributed by atoms with E-state index in [0.717, 1.165) is 115 Å². The molecule has 0 unspecified atom stereocenters. The third kappa shape index (κ3) is 4.69. The van der Waals surface area contributed by atoms with Gasteiger partial charge in [-0.25, -0.2) is 0 Å². The third-order valence-corrected chi connectivity index (χ3v) is 10.8. The van der Waals surface area contributed by atoms with Crippen LogP contribution in [0.25, 0.3) is 54.9 Å². The van der Waals surface area contributed by atoms with Gasteiger partial charge in [-0.05, 0) is 93.1 Å². The van der Waals surface area contributed by atoms with E-state index < -0.39 is 0 Å². The molecule has 2 aliphatic rings. The molecule has 0 spiro atoms. The van der Waals surface area contributed by atoms with Crippen molar-refractivity contribution in [2.24, 2.45) is 0 Å². The highest BCUT2D eigenvalue weighted by atomic mass is 16.5. The summed E-state index contributed by atoms with van der Waals surface area (Å²) in [6.07, 6.45) is 3.16. The Labute approximate surface area is 293 Å². The highest BCUT2D eigenvalue weighted by molar-refractivity contribution is 6.17. The Hall–Kier alpha value is -5.04. The molecule has 50 heavy (non-hydrogen) atoms. The van der Waals surface area contributed by atoms with Crippen molar-refractivity contribution in [1.29, 1.82) is 0 Å². The van der Waals surface area contributed by atoms with Gasteiger partial charge in [0.1, 0.15) is 23.0 Å². The van der Waals surface area contributed by atoms with Crippen molar-refractivity contribution in [1.82, 2.24) is 0 Å². The molecule has 0 bridgehead atoms. The molecule has 0 fully saturated rings. The van der Waals surface area contributed by atoms with Crippen LogP contribution in [0.4, 0.5) is 0 Å². The summed E-state index contributed by atoms with van der Waals surface area (Å²) in [5.41, 5.74) is 10.8. The van der Waals surface area contributed by atoms with Crippen LogP contribution in [0.3, 0.4) is 0 Å². The Kier molecular flexibility index (Phi) is 8.38. The van der Waals surface area contributed by atoms with Crippen molar-refractivity contribution >= 4 is 21.5 Å². The monoisotopic (exact) mass is 666 g/mol. The average molecular weight is 667 g/mol. The summed E-state index contributed by atoms with van der Waals surface area (Å²) < 4.78 is 38.3. The standard InChI is InChI=1S/C44H42O6/c1-45-29-21-17-27-19-23-31(47-3)39-33(27)37(29)35(25-13-9-7-10-14-25)41(43(39)49-5)42-36(26-15-11-8-12-16-26)38-30(46-2)22-18-28-20-24-32(48-4)40(34(28)38)44(42)50-6/h7-16,19-20,23-24,29-30H,17-18,21-22H2,1-6H3/t29-,30+. The molecule has 6 heteroatoms. The first-order valence-corrected chi connectivity index (χ1v) is 17.2. The predicted molar refractivity (Wildman–Crippen MR) is 200 cm³/mol. The van der Waals surface area contributed by atoms with E-state index in [4.69, 9.17) is 28.4 Å². The van der Waals surface area contributed by atoms with E-state index >= 15 is 0 Å². The first-order valence-electron chi connectivity index (χ1n) is 17.2. The van der Waals surface area contributed by atoms with Crippen molar-refractivity contribution in [2.45, 2.75) is 37.9 Å². The van der Waals surface area contributed by atoms with Crippen LogP contribution in [0.15, 0.2) is 84.9 Å². The second-order valence-electron chi connectivity index (χ2n) is 13.0. The molecule has 0 N–H and O–H groups in total. The van der Waals surface area contributed by atoms with Crippen molar-refractivity contribution < 1.29 is 28.4 Å². The average Bonchev–Trinajstić information content (AvgIpc) is 3.18. The van der Waals surface area contributed by atoms with Crippen molar-refractivity contribution in [3.05, 3.63) is 107 Å². The topological polar surface area (TPSA) is 55.4 Å². The zero-order valence-corrected chi connectivity index (χ0v) is 29.5. The molecule has 6 nitrogen and oxygen atoms in total. The van der Waals surface area contributed by atoms with Crippen LogP contribution in [0, 0.1) is 0 Å². The van der Waals surface area contributed by atoms with E-state index in [2.05, 4.69) is 84.9 Å². The molecular weight excluding hydrogens is 624 g/mol. The van der Waals surface area contributed by atoms with Gasteiger partial charge in [0.05, 0.1) is 51.4 Å². The van der Waals surface area contributed by atoms with Gasteiger partial charge >= 0.3 is 0 Å². The van der Waals surface area contributed by atoms with E-state index in [9.17, 15) is 0 Å². The molecule has 0 aliphatic heterocycles. The molecule has 0 aromatic heterocycles. The summed E-state index contributed by atoms with van der Waals surface area (Å²) >= 11 is 0. The molecule has 2 atom stereocenters. The van der Waals surface area contributed by atoms with Crippen molar-refractivity contribution in [3.8, 4) is 56.4 Å². The number of benzene rings is 6. The largest absolute Gasteiger partial charge is 0.496 e. The van der Waals surface area contributed by atoms with E-state index in [0.29, 0.717) is 0 Å². The summed E-state index contributed by atoms with van der Waals surface area (Å²) in [5.74, 6) is 2.94. The summed E-state index contributed by atoms with van der Waals surface area (Å²) in [7, 11) is 10.6. The first kappa shape index (κ1) is 32.2. The van der Waals surface area contributed by atoms with E-state index in [-0.39, 0.29) is 12.2 Å². The summed E-state index contributed by atoms with van der Waals surface area (Å²) in [4.78, 5) is 0. The maximum Gasteiger partial charge on any atom is 0.139 e. The molecule has 2 aliphatic carbocycles. The molecule has 6 aromatic rings. The zero-order chi connectivity index (χ0) is 34.5. The Bertz CT molecular complexity index is 2080. The lowest BCUT2D eigenvalue weighted by Gasteiger charge is -2.34. The fourth-order valence-corrected chi connectivity index (χ4v) is 8.74. The normalized spacial score (nSPS) is 16.4. The zero-order valence-electron chi connectivity index (χ0n) is 29.5. The molecule has 0 saturated heterocycles. The lowest BCUT2D eigenvalue weighted by atomic mass is 9.74. The third-order valence-electron chi connectivity index (χ3n) is 10.8. The van der Waals surface area contributed by atoms with Gasteiger partial charge in [-0.1, -0.05) is 72.8 Å². The number of methoxy groups -OCH3 is 6. The van der Waals surface area contributed by atoms with Crippen LogP contribution in [0.5, 0.6) is 23.0 Å². The van der Waals surface area contributed by atoms with Crippen LogP contribution in [-0.4, -0.2) is 42.7 Å². The minimum absolute atomic E-state index is 0.158. The minimum atomic E-state index is -0.158. The molecule has 8 rings (SSSR count). The number of aryl methyl sites for hydroxylation is 2. The summed E-state index contributed by atoms with van der Waals surface area (Å²) in [6, 6.07) is 29.7. The van der Waals surface area contributed by atoms with Crippen molar-refractivity contribution in [3.63, 3.8) is 0 Å². The minimum Gasteiger partial charge on any atom is -0.496 e. The maximum absolute atomic E-state index is 6.65. The fraction of sp³-hybridized carbons (Fsp3) is 0.273. The quantitative estimate of drug-likeness (QED) is 0.153. The number of hydrogen-bond donors (Lipinski definition) is 0. The highest BCUT2D eigenvalue weighted by Gasteiger charge is 2.38. The van der Waals surface area contributed by atoms with Crippen LogP contribution in [0.1, 0.15) is 47.3 Å². The van der Waals surface area contributed by atoms with Gasteiger partial charge in [0, 0.05) is 25.3 Å². The lowest BCUT2D eigenvalue weighted by molar-refractivity contribution is 0.0954. The molecule has 0 saturated carbocycles. The SMILES string of the molecule is COc1ccc2c3c(c(-c4ccccc4)c(-c4c(-c5ccccc5)c5c6c(ccc(OC)c6c4OC)CC[C@H]5OC)c(OC)c13)[C@@H](OC)CC2. The summed E-state index contributed by atoms with van der Waals surface area (Å²) in [5, 5.41) is 4.10. The lowest BCUT2D eigenvalue weighted by Crippen LogP contribution is -2.16. The number of hydrogen-bond acceptors (Lipinski definition) is 6. The number of ether oxygens (including phenoxy) is 6.